The average Bonchev–Trinajstić information content (AvgIpc) is 2.34. The highest BCUT2D eigenvalue weighted by Crippen LogP contribution is 2.31. The molecule has 0 unspecified atom stereocenters. The largest absolute Gasteiger partial charge is 0.352 e. The molecule has 1 aromatic rings. The predicted octanol–water partition coefficient (Wildman–Crippen LogP) is 2.14. The van der Waals surface area contributed by atoms with Gasteiger partial charge in [0.05, 0.1) is 0 Å². The molecule has 1 aromatic carbocycles. The Bertz CT molecular complexity index is 424. The summed E-state index contributed by atoms with van der Waals surface area (Å²) in [6.07, 6.45) is 4.56. The molecule has 1 amide bonds. The maximum absolute atomic E-state index is 11.8. The summed E-state index contributed by atoms with van der Waals surface area (Å²) in [7, 11) is 0. The molecule has 2 rings (SSSR count). The summed E-state index contributed by atoms with van der Waals surface area (Å²) in [5, 5.41) is 2.98. The Morgan fingerprint density at radius 2 is 2.00 bits per heavy atom. The van der Waals surface area contributed by atoms with E-state index in [0.717, 1.165) is 25.7 Å². The molecule has 98 valence electrons. The zero-order valence-electron chi connectivity index (χ0n) is 11.0. The molecule has 0 aromatic heterocycles. The van der Waals surface area contributed by atoms with Gasteiger partial charge in [0.25, 0.3) is 0 Å². The monoisotopic (exact) mass is 246 g/mol. The van der Waals surface area contributed by atoms with Crippen LogP contribution in [0, 0.1) is 0 Å². The van der Waals surface area contributed by atoms with E-state index in [1.54, 1.807) is 0 Å². The lowest BCUT2D eigenvalue weighted by Crippen LogP contribution is -2.49. The van der Waals surface area contributed by atoms with Gasteiger partial charge in [0.1, 0.15) is 0 Å². The van der Waals surface area contributed by atoms with Crippen molar-refractivity contribution in [3.63, 3.8) is 0 Å². The van der Waals surface area contributed by atoms with E-state index in [-0.39, 0.29) is 11.4 Å². The molecule has 18 heavy (non-hydrogen) atoms. The minimum atomic E-state index is -0.228. The molecular formula is C15H22N2O. The fourth-order valence-electron chi connectivity index (χ4n) is 2.46. The van der Waals surface area contributed by atoms with Crippen molar-refractivity contribution in [2.45, 2.75) is 51.1 Å². The van der Waals surface area contributed by atoms with Crippen molar-refractivity contribution >= 4 is 5.91 Å². The molecule has 0 bridgehead atoms. The van der Waals surface area contributed by atoms with Crippen LogP contribution >= 0.6 is 0 Å². The number of rotatable bonds is 5. The normalized spacial score (nSPS) is 17.0. The molecule has 1 aliphatic carbocycles. The zero-order chi connectivity index (χ0) is 13.0. The van der Waals surface area contributed by atoms with Crippen LogP contribution in [0.15, 0.2) is 24.3 Å². The van der Waals surface area contributed by atoms with Crippen LogP contribution in [-0.2, 0) is 17.8 Å². The number of carbonyl (C=O) groups excluding carboxylic acids is 1. The van der Waals surface area contributed by atoms with E-state index in [1.807, 2.05) is 12.1 Å². The van der Waals surface area contributed by atoms with Gasteiger partial charge < -0.3 is 11.1 Å². The third-order valence-corrected chi connectivity index (χ3v) is 3.84. The Morgan fingerprint density at radius 1 is 1.33 bits per heavy atom. The number of hydrogen-bond acceptors (Lipinski definition) is 2. The molecule has 0 aliphatic heterocycles. The van der Waals surface area contributed by atoms with E-state index in [9.17, 15) is 4.79 Å². The van der Waals surface area contributed by atoms with Crippen LogP contribution < -0.4 is 11.1 Å². The maximum Gasteiger partial charge on any atom is 0.222 e. The van der Waals surface area contributed by atoms with Gasteiger partial charge in [0.2, 0.25) is 5.91 Å². The van der Waals surface area contributed by atoms with Crippen molar-refractivity contribution in [3.8, 4) is 0 Å². The topological polar surface area (TPSA) is 55.1 Å². The molecule has 1 saturated carbocycles. The molecule has 1 fully saturated rings. The van der Waals surface area contributed by atoms with Crippen molar-refractivity contribution in [1.82, 2.24) is 5.32 Å². The van der Waals surface area contributed by atoms with Crippen LogP contribution in [0.3, 0.4) is 0 Å². The third kappa shape index (κ3) is 3.10. The van der Waals surface area contributed by atoms with E-state index in [4.69, 9.17) is 5.73 Å². The van der Waals surface area contributed by atoms with Gasteiger partial charge in [-0.25, -0.2) is 0 Å². The van der Waals surface area contributed by atoms with Crippen molar-refractivity contribution < 1.29 is 4.79 Å². The summed E-state index contributed by atoms with van der Waals surface area (Å²) < 4.78 is 0. The SMILES string of the molecule is CCc1ccccc1CNC(=O)CC1(N)CCC1. The van der Waals surface area contributed by atoms with Gasteiger partial charge in [0, 0.05) is 18.5 Å². The Morgan fingerprint density at radius 3 is 2.56 bits per heavy atom. The van der Waals surface area contributed by atoms with Crippen LogP contribution in [-0.4, -0.2) is 11.4 Å². The van der Waals surface area contributed by atoms with E-state index in [1.165, 1.54) is 11.1 Å². The van der Waals surface area contributed by atoms with Crippen LogP contribution in [0.5, 0.6) is 0 Å². The third-order valence-electron chi connectivity index (χ3n) is 3.84. The van der Waals surface area contributed by atoms with E-state index in [2.05, 4.69) is 24.4 Å². The molecule has 0 heterocycles. The Kier molecular flexibility index (Phi) is 4.02. The second-order valence-electron chi connectivity index (χ2n) is 5.29. The molecule has 3 heteroatoms. The lowest BCUT2D eigenvalue weighted by molar-refractivity contribution is -0.123. The summed E-state index contributed by atoms with van der Waals surface area (Å²) in [5.41, 5.74) is 8.34. The van der Waals surface area contributed by atoms with Gasteiger partial charge in [-0.1, -0.05) is 31.2 Å². The molecule has 3 N–H and O–H groups in total. The molecule has 0 spiro atoms. The van der Waals surface area contributed by atoms with Gasteiger partial charge in [-0.05, 0) is 36.8 Å². The Labute approximate surface area is 109 Å². The van der Waals surface area contributed by atoms with Crippen LogP contribution in [0.25, 0.3) is 0 Å². The van der Waals surface area contributed by atoms with Crippen molar-refractivity contribution in [2.24, 2.45) is 5.73 Å². The van der Waals surface area contributed by atoms with Gasteiger partial charge in [0.15, 0.2) is 0 Å². The number of hydrogen-bond donors (Lipinski definition) is 2. The number of benzene rings is 1. The summed E-state index contributed by atoms with van der Waals surface area (Å²) in [6, 6.07) is 8.23. The lowest BCUT2D eigenvalue weighted by Gasteiger charge is -2.37. The first kappa shape index (κ1) is 13.1. The highest BCUT2D eigenvalue weighted by molar-refractivity contribution is 5.77. The van der Waals surface area contributed by atoms with Crippen molar-refractivity contribution in [3.05, 3.63) is 35.4 Å². The highest BCUT2D eigenvalue weighted by atomic mass is 16.1. The molecule has 3 nitrogen and oxygen atoms in total. The average molecular weight is 246 g/mol. The van der Waals surface area contributed by atoms with Gasteiger partial charge in [-0.3, -0.25) is 4.79 Å². The number of nitrogens with one attached hydrogen (secondary N) is 1. The van der Waals surface area contributed by atoms with E-state index in [0.29, 0.717) is 13.0 Å². The second kappa shape index (κ2) is 5.53. The minimum absolute atomic E-state index is 0.0723. The van der Waals surface area contributed by atoms with E-state index < -0.39 is 0 Å². The highest BCUT2D eigenvalue weighted by Gasteiger charge is 2.34. The molecule has 0 saturated heterocycles. The Hall–Kier alpha value is -1.35. The number of aryl methyl sites for hydroxylation is 1. The maximum atomic E-state index is 11.8. The van der Waals surface area contributed by atoms with Gasteiger partial charge >= 0.3 is 0 Å². The number of amides is 1. The van der Waals surface area contributed by atoms with Gasteiger partial charge in [-0.15, -0.1) is 0 Å². The second-order valence-corrected chi connectivity index (χ2v) is 5.29. The van der Waals surface area contributed by atoms with Crippen LogP contribution in [0.2, 0.25) is 0 Å². The standard InChI is InChI=1S/C15H22N2O/c1-2-12-6-3-4-7-13(12)11-17-14(18)10-15(16)8-5-9-15/h3-4,6-7H,2,5,8-11,16H2,1H3,(H,17,18). The fraction of sp³-hybridized carbons (Fsp3) is 0.533. The van der Waals surface area contributed by atoms with Crippen molar-refractivity contribution in [1.29, 1.82) is 0 Å². The summed E-state index contributed by atoms with van der Waals surface area (Å²) in [4.78, 5) is 11.8. The smallest absolute Gasteiger partial charge is 0.222 e. The molecule has 1 aliphatic rings. The fourth-order valence-corrected chi connectivity index (χ4v) is 2.46. The number of carbonyl (C=O) groups is 1. The quantitative estimate of drug-likeness (QED) is 0.836. The predicted molar refractivity (Wildman–Crippen MR) is 73.1 cm³/mol. The summed E-state index contributed by atoms with van der Waals surface area (Å²) >= 11 is 0. The summed E-state index contributed by atoms with van der Waals surface area (Å²) in [6.45, 7) is 2.74. The minimum Gasteiger partial charge on any atom is -0.352 e. The van der Waals surface area contributed by atoms with Crippen molar-refractivity contribution in [2.75, 3.05) is 0 Å². The van der Waals surface area contributed by atoms with Gasteiger partial charge in [-0.2, -0.15) is 0 Å². The van der Waals surface area contributed by atoms with Crippen LogP contribution in [0.4, 0.5) is 0 Å². The van der Waals surface area contributed by atoms with Crippen LogP contribution in [0.1, 0.15) is 43.7 Å². The zero-order valence-corrected chi connectivity index (χ0v) is 11.0. The molecule has 0 radical (unpaired) electrons. The molecular weight excluding hydrogens is 224 g/mol. The molecule has 0 atom stereocenters. The number of nitrogens with two attached hydrogens (primary N) is 1. The first-order valence-corrected chi connectivity index (χ1v) is 6.75. The Balaban J connectivity index is 1.85. The lowest BCUT2D eigenvalue weighted by atomic mass is 9.75. The first-order valence-electron chi connectivity index (χ1n) is 6.75. The summed E-state index contributed by atoms with van der Waals surface area (Å²) in [5.74, 6) is 0.0723. The first-order chi connectivity index (χ1) is 8.63. The van der Waals surface area contributed by atoms with E-state index >= 15 is 0 Å².